The standard InChI is InChI=1S/C26H24Cl2N2O5S/c1-35-23-10-8-20(28)16-24(23)36(33,34)30-13-11-18(12-14-30)26(32)29-22-9-7-19(27)15-21(22)25(31)17-5-3-2-4-6-17/h2-10,15-16,18H,11-14H2,1H3,(H,29,32). The molecule has 1 aliphatic heterocycles. The van der Waals surface area contributed by atoms with Crippen molar-refractivity contribution in [1.29, 1.82) is 0 Å². The van der Waals surface area contributed by atoms with Crippen molar-refractivity contribution >= 4 is 50.6 Å². The highest BCUT2D eigenvalue weighted by atomic mass is 35.5. The number of ketones is 1. The van der Waals surface area contributed by atoms with Gasteiger partial charge in [-0.3, -0.25) is 9.59 Å². The molecule has 0 radical (unpaired) electrons. The lowest BCUT2D eigenvalue weighted by Crippen LogP contribution is -2.41. The minimum absolute atomic E-state index is 0.00867. The van der Waals surface area contributed by atoms with Crippen molar-refractivity contribution in [1.82, 2.24) is 4.31 Å². The predicted molar refractivity (Wildman–Crippen MR) is 139 cm³/mol. The first-order valence-electron chi connectivity index (χ1n) is 11.2. The third-order valence-corrected chi connectivity index (χ3v) is 8.48. The summed E-state index contributed by atoms with van der Waals surface area (Å²) in [5, 5.41) is 3.51. The van der Waals surface area contributed by atoms with Crippen LogP contribution >= 0.6 is 23.2 Å². The normalized spacial score (nSPS) is 14.9. The zero-order valence-corrected chi connectivity index (χ0v) is 21.7. The van der Waals surface area contributed by atoms with Gasteiger partial charge < -0.3 is 10.1 Å². The van der Waals surface area contributed by atoms with E-state index in [0.717, 1.165) is 0 Å². The van der Waals surface area contributed by atoms with Crippen molar-refractivity contribution in [3.8, 4) is 5.75 Å². The van der Waals surface area contributed by atoms with E-state index in [9.17, 15) is 18.0 Å². The molecule has 0 saturated carbocycles. The number of anilines is 1. The Hall–Kier alpha value is -2.91. The fourth-order valence-electron chi connectivity index (χ4n) is 4.14. The number of hydrogen-bond donors (Lipinski definition) is 1. The average molecular weight is 547 g/mol. The molecule has 10 heteroatoms. The SMILES string of the molecule is COc1ccc(Cl)cc1S(=O)(=O)N1CCC(C(=O)Nc2ccc(Cl)cc2C(=O)c2ccccc2)CC1. The fourth-order valence-corrected chi connectivity index (χ4v) is 6.20. The zero-order valence-electron chi connectivity index (χ0n) is 19.4. The molecule has 7 nitrogen and oxygen atoms in total. The smallest absolute Gasteiger partial charge is 0.246 e. The lowest BCUT2D eigenvalue weighted by Gasteiger charge is -2.31. The Balaban J connectivity index is 1.47. The van der Waals surface area contributed by atoms with Gasteiger partial charge in [-0.15, -0.1) is 0 Å². The highest BCUT2D eigenvalue weighted by Gasteiger charge is 2.34. The number of nitrogens with zero attached hydrogens (tertiary/aromatic N) is 1. The lowest BCUT2D eigenvalue weighted by molar-refractivity contribution is -0.120. The molecule has 0 unspecified atom stereocenters. The van der Waals surface area contributed by atoms with Crippen LogP contribution in [-0.4, -0.2) is 44.6 Å². The van der Waals surface area contributed by atoms with Crippen LogP contribution in [0.15, 0.2) is 71.6 Å². The molecule has 36 heavy (non-hydrogen) atoms. The van der Waals surface area contributed by atoms with E-state index < -0.39 is 15.9 Å². The minimum atomic E-state index is -3.86. The summed E-state index contributed by atoms with van der Waals surface area (Å²) in [6.45, 7) is 0.318. The van der Waals surface area contributed by atoms with Gasteiger partial charge in [-0.05, 0) is 49.2 Å². The molecule has 1 fully saturated rings. The number of methoxy groups -OCH3 is 1. The molecular weight excluding hydrogens is 523 g/mol. The maximum atomic E-state index is 13.2. The van der Waals surface area contributed by atoms with Crippen LogP contribution in [0.3, 0.4) is 0 Å². The van der Waals surface area contributed by atoms with Gasteiger partial charge in [-0.25, -0.2) is 8.42 Å². The molecule has 0 aromatic heterocycles. The van der Waals surface area contributed by atoms with Crippen LogP contribution in [0, 0.1) is 5.92 Å². The second-order valence-corrected chi connectivity index (χ2v) is 11.1. The topological polar surface area (TPSA) is 92.8 Å². The van der Waals surface area contributed by atoms with Crippen LogP contribution in [0.4, 0.5) is 5.69 Å². The molecule has 0 atom stereocenters. The molecule has 1 amide bonds. The maximum absolute atomic E-state index is 13.2. The van der Waals surface area contributed by atoms with Gasteiger partial charge in [0.1, 0.15) is 10.6 Å². The number of rotatable bonds is 7. The van der Waals surface area contributed by atoms with E-state index >= 15 is 0 Å². The van der Waals surface area contributed by atoms with Crippen LogP contribution < -0.4 is 10.1 Å². The van der Waals surface area contributed by atoms with Gasteiger partial charge in [0.05, 0.1) is 12.8 Å². The van der Waals surface area contributed by atoms with Crippen molar-refractivity contribution in [3.05, 3.63) is 87.9 Å². The summed E-state index contributed by atoms with van der Waals surface area (Å²) in [6, 6.07) is 17.9. The van der Waals surface area contributed by atoms with E-state index in [1.165, 1.54) is 29.6 Å². The number of hydrogen-bond acceptors (Lipinski definition) is 5. The van der Waals surface area contributed by atoms with Crippen LogP contribution in [-0.2, 0) is 14.8 Å². The number of ether oxygens (including phenoxy) is 1. The second kappa shape index (κ2) is 11.0. The largest absolute Gasteiger partial charge is 0.495 e. The molecule has 3 aromatic carbocycles. The van der Waals surface area contributed by atoms with Crippen LogP contribution in [0.25, 0.3) is 0 Å². The molecule has 0 bridgehead atoms. The number of piperidine rings is 1. The molecule has 188 valence electrons. The predicted octanol–water partition coefficient (Wildman–Crippen LogP) is 5.27. The van der Waals surface area contributed by atoms with E-state index in [0.29, 0.717) is 29.1 Å². The number of nitrogens with one attached hydrogen (secondary N) is 1. The van der Waals surface area contributed by atoms with Gasteiger partial charge in [0.25, 0.3) is 0 Å². The zero-order chi connectivity index (χ0) is 25.9. The molecule has 1 N–H and O–H groups in total. The molecule has 4 rings (SSSR count). The summed E-state index contributed by atoms with van der Waals surface area (Å²) in [5.74, 6) is -0.757. The lowest BCUT2D eigenvalue weighted by atomic mass is 9.96. The first-order chi connectivity index (χ1) is 17.2. The Morgan fingerprint density at radius 1 is 0.944 bits per heavy atom. The fraction of sp³-hybridized carbons (Fsp3) is 0.231. The molecule has 1 saturated heterocycles. The van der Waals surface area contributed by atoms with Gasteiger partial charge >= 0.3 is 0 Å². The molecule has 1 aliphatic rings. The van der Waals surface area contributed by atoms with E-state index in [4.69, 9.17) is 27.9 Å². The van der Waals surface area contributed by atoms with E-state index in [1.807, 2.05) is 6.07 Å². The Morgan fingerprint density at radius 3 is 2.25 bits per heavy atom. The molecule has 0 aliphatic carbocycles. The van der Waals surface area contributed by atoms with Gasteiger partial charge in [-0.2, -0.15) is 4.31 Å². The number of sulfonamides is 1. The van der Waals surface area contributed by atoms with Crippen molar-refractivity contribution in [2.75, 3.05) is 25.5 Å². The quantitative estimate of drug-likeness (QED) is 0.407. The Kier molecular flexibility index (Phi) is 8.00. The highest BCUT2D eigenvalue weighted by Crippen LogP contribution is 2.32. The van der Waals surface area contributed by atoms with Gasteiger partial charge in [-0.1, -0.05) is 53.5 Å². The van der Waals surface area contributed by atoms with Crippen LogP contribution in [0.1, 0.15) is 28.8 Å². The van der Waals surface area contributed by atoms with E-state index in [-0.39, 0.29) is 46.0 Å². The number of benzene rings is 3. The van der Waals surface area contributed by atoms with Crippen LogP contribution in [0.5, 0.6) is 5.75 Å². The van der Waals surface area contributed by atoms with Crippen LogP contribution in [0.2, 0.25) is 10.0 Å². The number of amides is 1. The average Bonchev–Trinajstić information content (AvgIpc) is 2.89. The van der Waals surface area contributed by atoms with Gasteiger partial charge in [0.2, 0.25) is 15.9 Å². The third-order valence-electron chi connectivity index (χ3n) is 6.09. The molecule has 3 aromatic rings. The summed E-state index contributed by atoms with van der Waals surface area (Å²) in [7, 11) is -2.46. The maximum Gasteiger partial charge on any atom is 0.246 e. The summed E-state index contributed by atoms with van der Waals surface area (Å²) < 4.78 is 33.0. The van der Waals surface area contributed by atoms with Crippen molar-refractivity contribution < 1.29 is 22.7 Å². The number of carbonyl (C=O) groups is 2. The Morgan fingerprint density at radius 2 is 1.58 bits per heavy atom. The van der Waals surface area contributed by atoms with Crippen molar-refractivity contribution in [2.45, 2.75) is 17.7 Å². The second-order valence-electron chi connectivity index (χ2n) is 8.35. The summed E-state index contributed by atoms with van der Waals surface area (Å²) >= 11 is 12.2. The Bertz CT molecular complexity index is 1390. The van der Waals surface area contributed by atoms with E-state index in [2.05, 4.69) is 5.32 Å². The molecule has 0 spiro atoms. The van der Waals surface area contributed by atoms with Gasteiger partial charge in [0, 0.05) is 40.2 Å². The number of carbonyl (C=O) groups excluding carboxylic acids is 2. The highest BCUT2D eigenvalue weighted by molar-refractivity contribution is 7.89. The summed E-state index contributed by atoms with van der Waals surface area (Å²) in [6.07, 6.45) is 0.646. The molecule has 1 heterocycles. The van der Waals surface area contributed by atoms with E-state index in [1.54, 1.807) is 42.5 Å². The first-order valence-corrected chi connectivity index (χ1v) is 13.4. The summed E-state index contributed by atoms with van der Waals surface area (Å²) in [4.78, 5) is 26.1. The van der Waals surface area contributed by atoms with Crippen molar-refractivity contribution in [2.24, 2.45) is 5.92 Å². The van der Waals surface area contributed by atoms with Gasteiger partial charge in [0.15, 0.2) is 5.78 Å². The first kappa shape index (κ1) is 26.2. The monoisotopic (exact) mass is 546 g/mol. The third kappa shape index (κ3) is 5.57. The number of halogens is 2. The minimum Gasteiger partial charge on any atom is -0.495 e. The Labute approximate surface area is 220 Å². The summed E-state index contributed by atoms with van der Waals surface area (Å²) in [5.41, 5.74) is 1.12. The van der Waals surface area contributed by atoms with Crippen molar-refractivity contribution in [3.63, 3.8) is 0 Å². The molecular formula is C26H24Cl2N2O5S.